The van der Waals surface area contributed by atoms with Crippen LogP contribution in [0.15, 0.2) is 18.2 Å². The number of thioether (sulfide) groups is 1. The molecule has 1 aromatic rings. The van der Waals surface area contributed by atoms with Crippen LogP contribution in [0, 0.1) is 5.92 Å². The van der Waals surface area contributed by atoms with Gasteiger partial charge in [0, 0.05) is 25.6 Å². The zero-order valence-corrected chi connectivity index (χ0v) is 13.2. The van der Waals surface area contributed by atoms with Crippen LogP contribution < -0.4 is 4.90 Å². The molecule has 0 spiro atoms. The normalized spacial score (nSPS) is 18.9. The summed E-state index contributed by atoms with van der Waals surface area (Å²) in [4.78, 5) is 24.1. The van der Waals surface area contributed by atoms with E-state index in [0.29, 0.717) is 5.75 Å². The van der Waals surface area contributed by atoms with Gasteiger partial charge in [-0.15, -0.1) is 0 Å². The number of hydrogen-bond acceptors (Lipinski definition) is 3. The van der Waals surface area contributed by atoms with E-state index in [9.17, 15) is 22.8 Å². The summed E-state index contributed by atoms with van der Waals surface area (Å²) >= 11 is 6.75. The number of halogens is 4. The summed E-state index contributed by atoms with van der Waals surface area (Å²) in [6.45, 7) is 1.57. The van der Waals surface area contributed by atoms with Crippen molar-refractivity contribution in [3.05, 3.63) is 28.8 Å². The number of carbonyl (C=O) groups is 2. The second kappa shape index (κ2) is 6.50. The molecule has 1 aliphatic rings. The molecule has 1 fully saturated rings. The first kappa shape index (κ1) is 17.1. The Morgan fingerprint density at radius 3 is 2.73 bits per heavy atom. The molecule has 3 nitrogen and oxygen atoms in total. The van der Waals surface area contributed by atoms with E-state index in [1.807, 2.05) is 0 Å². The molecule has 0 bridgehead atoms. The van der Waals surface area contributed by atoms with Crippen LogP contribution in [0.25, 0.3) is 0 Å². The van der Waals surface area contributed by atoms with Gasteiger partial charge in [-0.05, 0) is 18.1 Å². The summed E-state index contributed by atoms with van der Waals surface area (Å²) in [6, 6.07) is 3.78. The van der Waals surface area contributed by atoms with Gasteiger partial charge in [0.05, 0.1) is 16.3 Å². The Kier molecular flexibility index (Phi) is 5.07. The van der Waals surface area contributed by atoms with E-state index in [1.54, 1.807) is 0 Å². The first-order valence-electron chi connectivity index (χ1n) is 6.49. The maximum atomic E-state index is 13.2. The van der Waals surface area contributed by atoms with Gasteiger partial charge in [-0.2, -0.15) is 13.2 Å². The van der Waals surface area contributed by atoms with Crippen LogP contribution in [-0.2, 0) is 15.8 Å². The summed E-state index contributed by atoms with van der Waals surface area (Å²) in [5, 5.41) is -0.510. The van der Waals surface area contributed by atoms with E-state index >= 15 is 0 Å². The zero-order valence-electron chi connectivity index (χ0n) is 11.6. The summed E-state index contributed by atoms with van der Waals surface area (Å²) in [5.41, 5.74) is -1.22. The van der Waals surface area contributed by atoms with Crippen molar-refractivity contribution >= 4 is 40.1 Å². The van der Waals surface area contributed by atoms with Gasteiger partial charge in [0.1, 0.15) is 0 Å². The Morgan fingerprint density at radius 2 is 2.14 bits per heavy atom. The molecule has 0 aromatic heterocycles. The van der Waals surface area contributed by atoms with E-state index in [4.69, 9.17) is 11.6 Å². The van der Waals surface area contributed by atoms with Gasteiger partial charge in [0.2, 0.25) is 5.91 Å². The molecule has 1 aromatic carbocycles. The van der Waals surface area contributed by atoms with Crippen LogP contribution in [0.4, 0.5) is 18.9 Å². The Morgan fingerprint density at radius 1 is 1.45 bits per heavy atom. The van der Waals surface area contributed by atoms with Gasteiger partial charge in [-0.1, -0.05) is 29.4 Å². The Labute approximate surface area is 134 Å². The highest BCUT2D eigenvalue weighted by molar-refractivity contribution is 8.13. The summed E-state index contributed by atoms with van der Waals surface area (Å²) in [7, 11) is 0. The molecule has 0 N–H and O–H groups in total. The second-order valence-corrected chi connectivity index (χ2v) is 6.61. The molecule has 1 amide bonds. The molecule has 0 saturated carbocycles. The van der Waals surface area contributed by atoms with Crippen LogP contribution in [0.1, 0.15) is 18.9 Å². The number of benzene rings is 1. The predicted octanol–water partition coefficient (Wildman–Crippen LogP) is 3.99. The van der Waals surface area contributed by atoms with Crippen LogP contribution in [-0.4, -0.2) is 23.3 Å². The lowest BCUT2D eigenvalue weighted by atomic mass is 10.1. The fourth-order valence-electron chi connectivity index (χ4n) is 2.38. The molecule has 1 heterocycles. The van der Waals surface area contributed by atoms with Crippen molar-refractivity contribution < 1.29 is 22.8 Å². The van der Waals surface area contributed by atoms with E-state index in [2.05, 4.69) is 0 Å². The quantitative estimate of drug-likeness (QED) is 0.826. The van der Waals surface area contributed by atoms with Crippen LogP contribution in [0.5, 0.6) is 0 Å². The van der Waals surface area contributed by atoms with E-state index < -0.39 is 16.8 Å². The minimum absolute atomic E-state index is 0.0790. The molecule has 22 heavy (non-hydrogen) atoms. The van der Waals surface area contributed by atoms with Crippen molar-refractivity contribution in [2.45, 2.75) is 19.5 Å². The topological polar surface area (TPSA) is 37.4 Å². The largest absolute Gasteiger partial charge is 0.419 e. The Balaban J connectivity index is 2.27. The molecule has 1 atom stereocenters. The number of alkyl halides is 3. The Hall–Kier alpha value is -1.21. The number of hydrogen-bond donors (Lipinski definition) is 0. The summed E-state index contributed by atoms with van der Waals surface area (Å²) in [5.74, 6) is -0.122. The monoisotopic (exact) mass is 351 g/mol. The van der Waals surface area contributed by atoms with Crippen molar-refractivity contribution in [2.24, 2.45) is 5.92 Å². The highest BCUT2D eigenvalue weighted by atomic mass is 35.5. The third-order valence-corrected chi connectivity index (χ3v) is 4.65. The summed E-state index contributed by atoms with van der Waals surface area (Å²) in [6.07, 6.45) is -4.51. The molecule has 120 valence electrons. The molecular formula is C14H13ClF3NO2S. The smallest absolute Gasteiger partial charge is 0.311 e. The van der Waals surface area contributed by atoms with Crippen LogP contribution >= 0.6 is 23.4 Å². The summed E-state index contributed by atoms with van der Waals surface area (Å²) < 4.78 is 39.5. The number of rotatable bonds is 3. The molecular weight excluding hydrogens is 339 g/mol. The van der Waals surface area contributed by atoms with E-state index in [0.717, 1.165) is 22.7 Å². The molecule has 1 unspecified atom stereocenters. The molecule has 1 saturated heterocycles. The van der Waals surface area contributed by atoms with Crippen LogP contribution in [0.2, 0.25) is 5.02 Å². The molecule has 1 aliphatic heterocycles. The molecule has 0 aliphatic carbocycles. The molecule has 8 heteroatoms. The van der Waals surface area contributed by atoms with Crippen molar-refractivity contribution in [3.63, 3.8) is 0 Å². The van der Waals surface area contributed by atoms with Gasteiger partial charge in [0.15, 0.2) is 5.12 Å². The average molecular weight is 352 g/mol. The zero-order chi connectivity index (χ0) is 16.5. The highest BCUT2D eigenvalue weighted by Gasteiger charge is 2.40. The third-order valence-electron chi connectivity index (χ3n) is 3.29. The van der Waals surface area contributed by atoms with Crippen LogP contribution in [0.3, 0.4) is 0 Å². The second-order valence-electron chi connectivity index (χ2n) is 5.01. The van der Waals surface area contributed by atoms with E-state index in [-0.39, 0.29) is 35.6 Å². The third kappa shape index (κ3) is 3.76. The minimum atomic E-state index is -4.64. The van der Waals surface area contributed by atoms with Crippen molar-refractivity contribution in [1.29, 1.82) is 0 Å². The Bertz CT molecular complexity index is 606. The molecule has 2 rings (SSSR count). The number of amides is 1. The number of anilines is 1. The number of carbonyl (C=O) groups excluding carboxylic acids is 2. The number of nitrogens with zero attached hydrogens (tertiary/aromatic N) is 1. The maximum Gasteiger partial charge on any atom is 0.419 e. The van der Waals surface area contributed by atoms with Crippen molar-refractivity contribution in [1.82, 2.24) is 0 Å². The maximum absolute atomic E-state index is 13.2. The van der Waals surface area contributed by atoms with Gasteiger partial charge in [0.25, 0.3) is 0 Å². The van der Waals surface area contributed by atoms with Gasteiger partial charge in [-0.3, -0.25) is 9.59 Å². The highest BCUT2D eigenvalue weighted by Crippen LogP contribution is 2.42. The van der Waals surface area contributed by atoms with Crippen molar-refractivity contribution in [3.8, 4) is 0 Å². The van der Waals surface area contributed by atoms with Crippen molar-refractivity contribution in [2.75, 3.05) is 17.2 Å². The average Bonchev–Trinajstić information content (AvgIpc) is 2.75. The standard InChI is InChI=1S/C14H13ClF3NO2S/c1-8(20)22-7-9-5-12(21)19(6-9)11-4-2-3-10(15)13(11)14(16,17)18/h2-4,9H,5-7H2,1H3. The molecule has 0 radical (unpaired) electrons. The lowest BCUT2D eigenvalue weighted by Crippen LogP contribution is -2.27. The lowest BCUT2D eigenvalue weighted by molar-refractivity contribution is -0.137. The first-order valence-corrected chi connectivity index (χ1v) is 7.86. The lowest BCUT2D eigenvalue weighted by Gasteiger charge is -2.22. The van der Waals surface area contributed by atoms with Gasteiger partial charge in [-0.25, -0.2) is 0 Å². The minimum Gasteiger partial charge on any atom is -0.311 e. The van der Waals surface area contributed by atoms with Gasteiger partial charge >= 0.3 is 6.18 Å². The van der Waals surface area contributed by atoms with E-state index in [1.165, 1.54) is 19.1 Å². The predicted molar refractivity (Wildman–Crippen MR) is 80.1 cm³/mol. The fourth-order valence-corrected chi connectivity index (χ4v) is 3.35. The van der Waals surface area contributed by atoms with Gasteiger partial charge < -0.3 is 4.90 Å². The SMILES string of the molecule is CC(=O)SCC1CC(=O)N(c2cccc(Cl)c2C(F)(F)F)C1. The first-order chi connectivity index (χ1) is 10.2. The fraction of sp³-hybridized carbons (Fsp3) is 0.429.